The van der Waals surface area contributed by atoms with Gasteiger partial charge < -0.3 is 5.11 Å². The van der Waals surface area contributed by atoms with Crippen molar-refractivity contribution in [3.63, 3.8) is 0 Å². The monoisotopic (exact) mass is 294 g/mol. The van der Waals surface area contributed by atoms with Crippen molar-refractivity contribution in [2.45, 2.75) is 13.3 Å². The lowest BCUT2D eigenvalue weighted by Crippen LogP contribution is -1.82. The van der Waals surface area contributed by atoms with E-state index in [0.29, 0.717) is 10.0 Å². The van der Waals surface area contributed by atoms with Gasteiger partial charge in [-0.25, -0.2) is 0 Å². The molecule has 0 spiro atoms. The Labute approximate surface area is 121 Å². The van der Waals surface area contributed by atoms with Gasteiger partial charge in [-0.3, -0.25) is 4.79 Å². The van der Waals surface area contributed by atoms with Gasteiger partial charge >= 0.3 is 0 Å². The molecule has 0 saturated carbocycles. The zero-order valence-corrected chi connectivity index (χ0v) is 11.8. The first-order valence-electron chi connectivity index (χ1n) is 5.75. The van der Waals surface area contributed by atoms with Crippen LogP contribution in [0.4, 0.5) is 0 Å². The molecule has 0 fully saturated rings. The van der Waals surface area contributed by atoms with Crippen molar-refractivity contribution in [3.05, 3.63) is 57.6 Å². The van der Waals surface area contributed by atoms with Crippen LogP contribution in [0.1, 0.15) is 18.1 Å². The minimum atomic E-state index is -0.833. The molecule has 0 unspecified atom stereocenters. The van der Waals surface area contributed by atoms with Gasteiger partial charge in [-0.1, -0.05) is 53.5 Å². The molecule has 2 aromatic carbocycles. The van der Waals surface area contributed by atoms with E-state index in [0.717, 1.165) is 18.9 Å². The standard InChI is InChI=1S/C13H8Cl2.C2H4O2/c14-12-6-5-10-9-4-2-1-3-8(9)7-11(10)13(12)15;1-2(3)4/h1-6H,7H2;1H3,(H,3,4). The Morgan fingerprint density at radius 1 is 1.11 bits per heavy atom. The Morgan fingerprint density at radius 3 is 2.42 bits per heavy atom. The number of carboxylic acid groups (broad SMARTS) is 1. The normalized spacial score (nSPS) is 11.1. The van der Waals surface area contributed by atoms with Crippen molar-refractivity contribution in [1.82, 2.24) is 0 Å². The number of carboxylic acids is 1. The average molecular weight is 295 g/mol. The molecule has 2 aromatic rings. The molecule has 3 rings (SSSR count). The van der Waals surface area contributed by atoms with Crippen molar-refractivity contribution in [3.8, 4) is 11.1 Å². The van der Waals surface area contributed by atoms with Crippen molar-refractivity contribution in [2.75, 3.05) is 0 Å². The highest BCUT2D eigenvalue weighted by Crippen LogP contribution is 2.42. The average Bonchev–Trinajstić information content (AvgIpc) is 2.73. The topological polar surface area (TPSA) is 37.3 Å². The van der Waals surface area contributed by atoms with Gasteiger partial charge in [-0.15, -0.1) is 0 Å². The molecule has 2 nitrogen and oxygen atoms in total. The first-order valence-corrected chi connectivity index (χ1v) is 6.51. The number of carbonyl (C=O) groups is 1. The Hall–Kier alpha value is -1.51. The third kappa shape index (κ3) is 2.91. The Balaban J connectivity index is 0.000000297. The van der Waals surface area contributed by atoms with Crippen molar-refractivity contribution >= 4 is 29.2 Å². The van der Waals surface area contributed by atoms with Gasteiger partial charge in [-0.2, -0.15) is 0 Å². The Morgan fingerprint density at radius 2 is 1.74 bits per heavy atom. The first-order chi connectivity index (χ1) is 9.00. The minimum absolute atomic E-state index is 0.642. The van der Waals surface area contributed by atoms with Crippen molar-refractivity contribution in [1.29, 1.82) is 0 Å². The number of benzene rings is 2. The molecule has 1 N–H and O–H groups in total. The summed E-state index contributed by atoms with van der Waals surface area (Å²) in [4.78, 5) is 9.00. The summed E-state index contributed by atoms with van der Waals surface area (Å²) in [6, 6.07) is 12.3. The molecular weight excluding hydrogens is 283 g/mol. The van der Waals surface area contributed by atoms with E-state index in [-0.39, 0.29) is 0 Å². The maximum absolute atomic E-state index is 9.00. The predicted molar refractivity (Wildman–Crippen MR) is 78.0 cm³/mol. The number of fused-ring (bicyclic) bond motifs is 3. The van der Waals surface area contributed by atoms with Crippen LogP contribution in [0.15, 0.2) is 36.4 Å². The smallest absolute Gasteiger partial charge is 0.300 e. The summed E-state index contributed by atoms with van der Waals surface area (Å²) in [7, 11) is 0. The molecule has 0 aliphatic heterocycles. The second-order valence-electron chi connectivity index (χ2n) is 4.24. The maximum atomic E-state index is 9.00. The van der Waals surface area contributed by atoms with Crippen LogP contribution >= 0.6 is 23.2 Å². The van der Waals surface area contributed by atoms with Gasteiger partial charge in [0, 0.05) is 13.3 Å². The van der Waals surface area contributed by atoms with E-state index in [4.69, 9.17) is 33.1 Å². The number of aliphatic carboxylic acids is 1. The number of hydrogen-bond donors (Lipinski definition) is 1. The van der Waals surface area contributed by atoms with Crippen LogP contribution in [0.5, 0.6) is 0 Å². The molecule has 1 aliphatic carbocycles. The highest BCUT2D eigenvalue weighted by molar-refractivity contribution is 6.42. The molecule has 1 aliphatic rings. The summed E-state index contributed by atoms with van der Waals surface area (Å²) in [5, 5.41) is 8.76. The number of hydrogen-bond acceptors (Lipinski definition) is 1. The zero-order chi connectivity index (χ0) is 14.0. The molecule has 0 heterocycles. The van der Waals surface area contributed by atoms with Crippen LogP contribution in [0.25, 0.3) is 11.1 Å². The van der Waals surface area contributed by atoms with E-state index >= 15 is 0 Å². The van der Waals surface area contributed by atoms with Gasteiger partial charge in [0.2, 0.25) is 0 Å². The van der Waals surface area contributed by atoms with Gasteiger partial charge in [0.1, 0.15) is 0 Å². The number of rotatable bonds is 0. The quantitative estimate of drug-likeness (QED) is 0.655. The highest BCUT2D eigenvalue weighted by atomic mass is 35.5. The fraction of sp³-hybridized carbons (Fsp3) is 0.133. The Kier molecular flexibility index (Phi) is 4.13. The van der Waals surface area contributed by atoms with Gasteiger partial charge in [-0.05, 0) is 28.3 Å². The van der Waals surface area contributed by atoms with E-state index in [1.54, 1.807) is 0 Å². The fourth-order valence-corrected chi connectivity index (χ4v) is 2.55. The molecular formula is C15H12Cl2O2. The SMILES string of the molecule is CC(=O)O.Clc1ccc2c(c1Cl)Cc1ccccc1-2. The van der Waals surface area contributed by atoms with E-state index in [9.17, 15) is 0 Å². The lowest BCUT2D eigenvalue weighted by Gasteiger charge is -2.03. The summed E-state index contributed by atoms with van der Waals surface area (Å²) >= 11 is 12.2. The van der Waals surface area contributed by atoms with Crippen LogP contribution in [-0.4, -0.2) is 11.1 Å². The maximum Gasteiger partial charge on any atom is 0.300 e. The molecule has 0 amide bonds. The summed E-state index contributed by atoms with van der Waals surface area (Å²) in [6.45, 7) is 1.08. The lowest BCUT2D eigenvalue weighted by molar-refractivity contribution is -0.134. The van der Waals surface area contributed by atoms with Crippen LogP contribution in [0, 0.1) is 0 Å². The summed E-state index contributed by atoms with van der Waals surface area (Å²) in [6.07, 6.45) is 0.894. The number of halogens is 2. The van der Waals surface area contributed by atoms with Gasteiger partial charge in [0.25, 0.3) is 5.97 Å². The second-order valence-corrected chi connectivity index (χ2v) is 5.03. The van der Waals surface area contributed by atoms with Crippen LogP contribution in [0.2, 0.25) is 10.0 Å². The third-order valence-electron chi connectivity index (χ3n) is 2.87. The first kappa shape index (κ1) is 13.9. The van der Waals surface area contributed by atoms with E-state index in [1.807, 2.05) is 6.07 Å². The summed E-state index contributed by atoms with van der Waals surface area (Å²) < 4.78 is 0. The molecule has 19 heavy (non-hydrogen) atoms. The molecule has 0 aromatic heterocycles. The molecule has 4 heteroatoms. The minimum Gasteiger partial charge on any atom is -0.481 e. The fourth-order valence-electron chi connectivity index (χ4n) is 2.15. The molecule has 0 radical (unpaired) electrons. The molecule has 0 bridgehead atoms. The second kappa shape index (κ2) is 5.64. The van der Waals surface area contributed by atoms with Crippen molar-refractivity contribution in [2.24, 2.45) is 0 Å². The summed E-state index contributed by atoms with van der Waals surface area (Å²) in [5.41, 5.74) is 4.99. The van der Waals surface area contributed by atoms with E-state index in [1.165, 1.54) is 16.7 Å². The van der Waals surface area contributed by atoms with Crippen LogP contribution in [-0.2, 0) is 11.2 Å². The molecule has 0 saturated heterocycles. The highest BCUT2D eigenvalue weighted by Gasteiger charge is 2.21. The molecule has 98 valence electrons. The van der Waals surface area contributed by atoms with Crippen LogP contribution < -0.4 is 0 Å². The largest absolute Gasteiger partial charge is 0.481 e. The molecule has 0 atom stereocenters. The van der Waals surface area contributed by atoms with Gasteiger partial charge in [0.05, 0.1) is 10.0 Å². The summed E-state index contributed by atoms with van der Waals surface area (Å²) in [5.74, 6) is -0.833. The Bertz CT molecular complexity index is 632. The predicted octanol–water partition coefficient (Wildman–Crippen LogP) is 4.66. The third-order valence-corrected chi connectivity index (χ3v) is 3.71. The lowest BCUT2D eigenvalue weighted by atomic mass is 10.1. The zero-order valence-electron chi connectivity index (χ0n) is 10.3. The van der Waals surface area contributed by atoms with E-state index < -0.39 is 5.97 Å². The van der Waals surface area contributed by atoms with Crippen molar-refractivity contribution < 1.29 is 9.90 Å². The van der Waals surface area contributed by atoms with Crippen LogP contribution in [0.3, 0.4) is 0 Å². The van der Waals surface area contributed by atoms with Gasteiger partial charge in [0.15, 0.2) is 0 Å². The van der Waals surface area contributed by atoms with E-state index in [2.05, 4.69) is 30.3 Å².